The van der Waals surface area contributed by atoms with E-state index in [1.807, 2.05) is 31.2 Å². The molecule has 134 valence electrons. The topological polar surface area (TPSA) is 83.0 Å². The standard InChI is InChI=1S/C18H17Cl2N5O/c1-11(10-26)22-18-24-16(12-3-2-6-21-9-12)8-17(25-18)23-13-4-5-14(19)15(20)7-13/h2-9,11,26H,10H2,1H3,(H2,22,23,24,25)/t11-/m0/s1. The second-order valence-corrected chi connectivity index (χ2v) is 6.50. The van der Waals surface area contributed by atoms with E-state index in [-0.39, 0.29) is 12.6 Å². The lowest BCUT2D eigenvalue weighted by molar-refractivity contribution is 0.281. The van der Waals surface area contributed by atoms with Gasteiger partial charge in [-0.2, -0.15) is 4.98 Å². The molecule has 0 saturated heterocycles. The van der Waals surface area contributed by atoms with Gasteiger partial charge in [0.2, 0.25) is 5.95 Å². The number of aliphatic hydroxyl groups excluding tert-OH is 1. The smallest absolute Gasteiger partial charge is 0.225 e. The van der Waals surface area contributed by atoms with Gasteiger partial charge in [0.25, 0.3) is 0 Å². The zero-order valence-electron chi connectivity index (χ0n) is 13.9. The van der Waals surface area contributed by atoms with Crippen LogP contribution in [-0.4, -0.2) is 32.7 Å². The number of rotatable bonds is 6. The molecule has 3 rings (SSSR count). The highest BCUT2D eigenvalue weighted by Crippen LogP contribution is 2.28. The summed E-state index contributed by atoms with van der Waals surface area (Å²) in [5.41, 5.74) is 2.30. The zero-order chi connectivity index (χ0) is 18.5. The van der Waals surface area contributed by atoms with Crippen molar-refractivity contribution in [1.82, 2.24) is 15.0 Å². The van der Waals surface area contributed by atoms with Gasteiger partial charge in [0.15, 0.2) is 0 Å². The maximum atomic E-state index is 9.27. The summed E-state index contributed by atoms with van der Waals surface area (Å²) in [7, 11) is 0. The van der Waals surface area contributed by atoms with Crippen LogP contribution in [0.4, 0.5) is 17.5 Å². The summed E-state index contributed by atoms with van der Waals surface area (Å²) in [6.07, 6.45) is 3.43. The molecule has 8 heteroatoms. The van der Waals surface area contributed by atoms with E-state index in [9.17, 15) is 5.11 Å². The molecule has 0 radical (unpaired) electrons. The van der Waals surface area contributed by atoms with E-state index in [4.69, 9.17) is 23.2 Å². The van der Waals surface area contributed by atoms with Gasteiger partial charge in [0.05, 0.1) is 22.3 Å². The van der Waals surface area contributed by atoms with Gasteiger partial charge in [-0.15, -0.1) is 0 Å². The molecule has 3 aromatic rings. The Morgan fingerprint density at radius 3 is 2.65 bits per heavy atom. The predicted octanol–water partition coefficient (Wildman–Crippen LogP) is 4.38. The molecular formula is C18H17Cl2N5O. The molecule has 6 nitrogen and oxygen atoms in total. The molecule has 0 saturated carbocycles. The maximum absolute atomic E-state index is 9.27. The van der Waals surface area contributed by atoms with E-state index in [0.717, 1.165) is 11.3 Å². The molecule has 0 aliphatic carbocycles. The fourth-order valence-corrected chi connectivity index (χ4v) is 2.52. The summed E-state index contributed by atoms with van der Waals surface area (Å²) in [6, 6.07) is 10.6. The summed E-state index contributed by atoms with van der Waals surface area (Å²) in [5.74, 6) is 0.973. The van der Waals surface area contributed by atoms with Gasteiger partial charge in [-0.25, -0.2) is 4.98 Å². The quantitative estimate of drug-likeness (QED) is 0.579. The van der Waals surface area contributed by atoms with Crippen molar-refractivity contribution in [1.29, 1.82) is 0 Å². The highest BCUT2D eigenvalue weighted by molar-refractivity contribution is 6.42. The van der Waals surface area contributed by atoms with Crippen molar-refractivity contribution in [3.63, 3.8) is 0 Å². The molecule has 0 amide bonds. The maximum Gasteiger partial charge on any atom is 0.225 e. The van der Waals surface area contributed by atoms with Crippen LogP contribution >= 0.6 is 23.2 Å². The van der Waals surface area contributed by atoms with E-state index in [1.54, 1.807) is 24.5 Å². The Morgan fingerprint density at radius 1 is 1.12 bits per heavy atom. The number of anilines is 3. The minimum absolute atomic E-state index is 0.0317. The molecular weight excluding hydrogens is 373 g/mol. The Balaban J connectivity index is 1.97. The number of halogens is 2. The average Bonchev–Trinajstić information content (AvgIpc) is 2.65. The molecule has 2 aromatic heterocycles. The lowest BCUT2D eigenvalue weighted by Gasteiger charge is -2.14. The summed E-state index contributed by atoms with van der Waals surface area (Å²) >= 11 is 12.0. The largest absolute Gasteiger partial charge is 0.394 e. The molecule has 1 atom stereocenters. The van der Waals surface area contributed by atoms with Gasteiger partial charge >= 0.3 is 0 Å². The first-order chi connectivity index (χ1) is 12.5. The molecule has 0 fully saturated rings. The van der Waals surface area contributed by atoms with Crippen LogP contribution in [-0.2, 0) is 0 Å². The normalized spacial score (nSPS) is 11.8. The number of nitrogens with one attached hydrogen (secondary N) is 2. The SMILES string of the molecule is C[C@@H](CO)Nc1nc(Nc2ccc(Cl)c(Cl)c2)cc(-c2cccnc2)n1. The Labute approximate surface area is 161 Å². The van der Waals surface area contributed by atoms with Crippen LogP contribution < -0.4 is 10.6 Å². The lowest BCUT2D eigenvalue weighted by atomic mass is 10.2. The van der Waals surface area contributed by atoms with E-state index < -0.39 is 0 Å². The number of pyridine rings is 1. The third-order valence-electron chi connectivity index (χ3n) is 3.52. The highest BCUT2D eigenvalue weighted by Gasteiger charge is 2.10. The molecule has 0 bridgehead atoms. The molecule has 0 aliphatic heterocycles. The number of aromatic nitrogens is 3. The monoisotopic (exact) mass is 389 g/mol. The van der Waals surface area contributed by atoms with Gasteiger partial charge in [-0.05, 0) is 37.3 Å². The first-order valence-corrected chi connectivity index (χ1v) is 8.69. The molecule has 2 heterocycles. The Bertz CT molecular complexity index is 892. The van der Waals surface area contributed by atoms with Crippen LogP contribution in [0.15, 0.2) is 48.8 Å². The highest BCUT2D eigenvalue weighted by atomic mass is 35.5. The van der Waals surface area contributed by atoms with Crippen molar-refractivity contribution in [2.45, 2.75) is 13.0 Å². The molecule has 0 spiro atoms. The minimum Gasteiger partial charge on any atom is -0.394 e. The van der Waals surface area contributed by atoms with Gasteiger partial charge in [0.1, 0.15) is 5.82 Å². The first kappa shape index (κ1) is 18.4. The molecule has 0 aliphatic rings. The zero-order valence-corrected chi connectivity index (χ0v) is 15.5. The third-order valence-corrected chi connectivity index (χ3v) is 4.26. The lowest BCUT2D eigenvalue weighted by Crippen LogP contribution is -2.21. The Kier molecular flexibility index (Phi) is 5.88. The third kappa shape index (κ3) is 4.60. The first-order valence-electron chi connectivity index (χ1n) is 7.94. The fraction of sp³-hybridized carbons (Fsp3) is 0.167. The van der Waals surface area contributed by atoms with Crippen molar-refractivity contribution in [3.05, 3.63) is 58.8 Å². The van der Waals surface area contributed by atoms with Crippen molar-refractivity contribution in [2.75, 3.05) is 17.2 Å². The minimum atomic E-state index is -0.183. The van der Waals surface area contributed by atoms with Crippen molar-refractivity contribution < 1.29 is 5.11 Å². The number of aliphatic hydroxyl groups is 1. The number of hydrogen-bond donors (Lipinski definition) is 3. The van der Waals surface area contributed by atoms with Crippen molar-refractivity contribution in [3.8, 4) is 11.3 Å². The molecule has 1 aromatic carbocycles. The van der Waals surface area contributed by atoms with Crippen LogP contribution in [0.3, 0.4) is 0 Å². The second-order valence-electron chi connectivity index (χ2n) is 5.69. The van der Waals surface area contributed by atoms with Crippen LogP contribution in [0.2, 0.25) is 10.0 Å². The van der Waals surface area contributed by atoms with Crippen LogP contribution in [0.25, 0.3) is 11.3 Å². The van der Waals surface area contributed by atoms with Gasteiger partial charge in [-0.1, -0.05) is 23.2 Å². The number of nitrogens with zero attached hydrogens (tertiary/aromatic N) is 3. The second kappa shape index (κ2) is 8.31. The summed E-state index contributed by atoms with van der Waals surface area (Å²) in [6.45, 7) is 1.81. The van der Waals surface area contributed by atoms with E-state index in [1.165, 1.54) is 0 Å². The number of hydrogen-bond acceptors (Lipinski definition) is 6. The fourth-order valence-electron chi connectivity index (χ4n) is 2.23. The summed E-state index contributed by atoms with van der Waals surface area (Å²) in [5, 5.41) is 16.5. The van der Waals surface area contributed by atoms with Gasteiger partial charge in [-0.3, -0.25) is 4.98 Å². The van der Waals surface area contributed by atoms with E-state index in [0.29, 0.717) is 27.5 Å². The molecule has 26 heavy (non-hydrogen) atoms. The molecule has 0 unspecified atom stereocenters. The van der Waals surface area contributed by atoms with Gasteiger partial charge < -0.3 is 15.7 Å². The van der Waals surface area contributed by atoms with Crippen LogP contribution in [0.1, 0.15) is 6.92 Å². The van der Waals surface area contributed by atoms with E-state index >= 15 is 0 Å². The molecule has 3 N–H and O–H groups in total. The van der Waals surface area contributed by atoms with Gasteiger partial charge in [0, 0.05) is 35.8 Å². The predicted molar refractivity (Wildman–Crippen MR) is 105 cm³/mol. The van der Waals surface area contributed by atoms with Crippen LogP contribution in [0, 0.1) is 0 Å². The Hall–Kier alpha value is -2.41. The summed E-state index contributed by atoms with van der Waals surface area (Å²) in [4.78, 5) is 13.1. The average molecular weight is 390 g/mol. The van der Waals surface area contributed by atoms with Crippen LogP contribution in [0.5, 0.6) is 0 Å². The van der Waals surface area contributed by atoms with E-state index in [2.05, 4.69) is 25.6 Å². The Morgan fingerprint density at radius 2 is 1.96 bits per heavy atom. The number of benzene rings is 1. The van der Waals surface area contributed by atoms with Crippen molar-refractivity contribution in [2.24, 2.45) is 0 Å². The summed E-state index contributed by atoms with van der Waals surface area (Å²) < 4.78 is 0. The van der Waals surface area contributed by atoms with Crippen molar-refractivity contribution >= 4 is 40.7 Å².